The molecule has 0 bridgehead atoms. The van der Waals surface area contributed by atoms with Crippen molar-refractivity contribution in [1.29, 1.82) is 0 Å². The van der Waals surface area contributed by atoms with Crippen molar-refractivity contribution in [3.05, 3.63) is 16.6 Å². The fourth-order valence-electron chi connectivity index (χ4n) is 1.06. The van der Waals surface area contributed by atoms with Crippen LogP contribution >= 0.6 is 15.9 Å². The summed E-state index contributed by atoms with van der Waals surface area (Å²) in [5.41, 5.74) is 0.485. The first-order chi connectivity index (χ1) is 6.33. The maximum absolute atomic E-state index is 10.0. The SMILES string of the molecule is O=C=Nc1ccc2c(c1Br)OCO2. The molecule has 0 fully saturated rings. The zero-order valence-corrected chi connectivity index (χ0v) is 8.00. The lowest BCUT2D eigenvalue weighted by molar-refractivity contribution is 0.173. The minimum absolute atomic E-state index is 0.197. The number of fused-ring (bicyclic) bond motifs is 1. The Morgan fingerprint density at radius 2 is 2.31 bits per heavy atom. The van der Waals surface area contributed by atoms with E-state index in [9.17, 15) is 4.79 Å². The minimum Gasteiger partial charge on any atom is -0.454 e. The summed E-state index contributed by atoms with van der Waals surface area (Å²) in [6, 6.07) is 3.35. The van der Waals surface area contributed by atoms with Crippen LogP contribution in [-0.2, 0) is 4.79 Å². The first-order valence-electron chi connectivity index (χ1n) is 3.49. The van der Waals surface area contributed by atoms with Gasteiger partial charge in [-0.1, -0.05) is 0 Å². The second-order valence-corrected chi connectivity index (χ2v) is 3.13. The molecule has 0 N–H and O–H groups in total. The van der Waals surface area contributed by atoms with Crippen molar-refractivity contribution < 1.29 is 14.3 Å². The van der Waals surface area contributed by atoms with Crippen molar-refractivity contribution in [1.82, 2.24) is 0 Å². The molecule has 0 radical (unpaired) electrons. The predicted molar refractivity (Wildman–Crippen MR) is 48.0 cm³/mol. The van der Waals surface area contributed by atoms with E-state index in [1.54, 1.807) is 12.1 Å². The van der Waals surface area contributed by atoms with Crippen molar-refractivity contribution in [3.8, 4) is 11.5 Å². The lowest BCUT2D eigenvalue weighted by Gasteiger charge is -2.00. The molecule has 1 aliphatic heterocycles. The van der Waals surface area contributed by atoms with Gasteiger partial charge in [-0.2, -0.15) is 4.99 Å². The lowest BCUT2D eigenvalue weighted by Crippen LogP contribution is -1.93. The van der Waals surface area contributed by atoms with Crippen LogP contribution in [0.2, 0.25) is 0 Å². The van der Waals surface area contributed by atoms with E-state index in [-0.39, 0.29) is 6.79 Å². The maximum atomic E-state index is 10.0. The average Bonchev–Trinajstić information content (AvgIpc) is 2.58. The van der Waals surface area contributed by atoms with E-state index in [1.807, 2.05) is 0 Å². The molecule has 0 aliphatic carbocycles. The van der Waals surface area contributed by atoms with Crippen LogP contribution in [0.1, 0.15) is 0 Å². The highest BCUT2D eigenvalue weighted by molar-refractivity contribution is 9.10. The van der Waals surface area contributed by atoms with Crippen molar-refractivity contribution in [2.75, 3.05) is 6.79 Å². The number of hydrogen-bond acceptors (Lipinski definition) is 4. The Bertz CT molecular complexity index is 399. The molecule has 0 amide bonds. The molecular weight excluding hydrogens is 238 g/mol. The third-order valence-corrected chi connectivity index (χ3v) is 2.39. The molecule has 0 atom stereocenters. The van der Waals surface area contributed by atoms with Crippen molar-refractivity contribution in [3.63, 3.8) is 0 Å². The second kappa shape index (κ2) is 3.20. The summed E-state index contributed by atoms with van der Waals surface area (Å²) in [5.74, 6) is 1.23. The topological polar surface area (TPSA) is 47.9 Å². The summed E-state index contributed by atoms with van der Waals surface area (Å²) >= 11 is 3.26. The number of benzene rings is 1. The molecule has 13 heavy (non-hydrogen) atoms. The smallest absolute Gasteiger partial charge is 0.240 e. The van der Waals surface area contributed by atoms with Crippen molar-refractivity contribution >= 4 is 27.7 Å². The number of aliphatic imine (C=N–C) groups is 1. The minimum atomic E-state index is 0.197. The molecular formula is C8H4BrNO3. The van der Waals surface area contributed by atoms with Gasteiger partial charge in [0.25, 0.3) is 0 Å². The van der Waals surface area contributed by atoms with E-state index < -0.39 is 0 Å². The van der Waals surface area contributed by atoms with E-state index in [0.717, 1.165) is 0 Å². The van der Waals surface area contributed by atoms with Gasteiger partial charge < -0.3 is 9.47 Å². The molecule has 1 aromatic rings. The zero-order chi connectivity index (χ0) is 9.26. The second-order valence-electron chi connectivity index (χ2n) is 2.34. The average molecular weight is 242 g/mol. The third kappa shape index (κ3) is 1.32. The summed E-state index contributed by atoms with van der Waals surface area (Å²) in [4.78, 5) is 13.5. The van der Waals surface area contributed by atoms with Gasteiger partial charge in [-0.25, -0.2) is 4.79 Å². The first kappa shape index (κ1) is 8.29. The van der Waals surface area contributed by atoms with Crippen LogP contribution in [0.4, 0.5) is 5.69 Å². The third-order valence-electron chi connectivity index (χ3n) is 1.62. The molecule has 1 heterocycles. The number of hydrogen-bond donors (Lipinski definition) is 0. The molecule has 66 valence electrons. The molecule has 1 aliphatic rings. The first-order valence-corrected chi connectivity index (χ1v) is 4.28. The van der Waals surface area contributed by atoms with E-state index in [0.29, 0.717) is 21.7 Å². The summed E-state index contributed by atoms with van der Waals surface area (Å²) in [7, 11) is 0. The van der Waals surface area contributed by atoms with Gasteiger partial charge in [0.15, 0.2) is 11.5 Å². The van der Waals surface area contributed by atoms with Crippen LogP contribution in [0.25, 0.3) is 0 Å². The standard InChI is InChI=1S/C8H4BrNO3/c9-7-5(10-3-11)1-2-6-8(7)13-4-12-6/h1-2H,4H2. The molecule has 0 saturated heterocycles. The Morgan fingerprint density at radius 1 is 1.46 bits per heavy atom. The Balaban J connectivity index is 2.58. The van der Waals surface area contributed by atoms with Crippen LogP contribution < -0.4 is 9.47 Å². The van der Waals surface area contributed by atoms with Crippen molar-refractivity contribution in [2.45, 2.75) is 0 Å². The van der Waals surface area contributed by atoms with Gasteiger partial charge >= 0.3 is 0 Å². The fraction of sp³-hybridized carbons (Fsp3) is 0.125. The van der Waals surface area contributed by atoms with Crippen LogP contribution in [-0.4, -0.2) is 12.9 Å². The van der Waals surface area contributed by atoms with Crippen molar-refractivity contribution in [2.24, 2.45) is 4.99 Å². The van der Waals surface area contributed by atoms with Crippen LogP contribution in [0.5, 0.6) is 11.5 Å². The van der Waals surface area contributed by atoms with Crippen LogP contribution in [0, 0.1) is 0 Å². The number of halogens is 1. The Kier molecular flexibility index (Phi) is 2.04. The highest BCUT2D eigenvalue weighted by Gasteiger charge is 2.18. The number of isocyanates is 1. The Morgan fingerprint density at radius 3 is 3.08 bits per heavy atom. The van der Waals surface area contributed by atoms with Gasteiger partial charge in [0.1, 0.15) is 0 Å². The zero-order valence-electron chi connectivity index (χ0n) is 6.41. The van der Waals surface area contributed by atoms with Gasteiger partial charge in [-0.15, -0.1) is 0 Å². The van der Waals surface area contributed by atoms with Gasteiger partial charge in [0.05, 0.1) is 10.2 Å². The Labute approximate surface area is 82.3 Å². The van der Waals surface area contributed by atoms with Crippen LogP contribution in [0.3, 0.4) is 0 Å². The number of carbonyl (C=O) groups excluding carboxylic acids is 1. The molecule has 2 rings (SSSR count). The molecule has 0 spiro atoms. The fourth-order valence-corrected chi connectivity index (χ4v) is 1.59. The molecule has 1 aromatic carbocycles. The molecule has 0 unspecified atom stereocenters. The predicted octanol–water partition coefficient (Wildman–Crippen LogP) is 2.15. The number of rotatable bonds is 1. The number of ether oxygens (including phenoxy) is 2. The maximum Gasteiger partial charge on any atom is 0.240 e. The van der Waals surface area contributed by atoms with Gasteiger partial charge in [0.2, 0.25) is 12.9 Å². The largest absolute Gasteiger partial charge is 0.454 e. The number of nitrogens with zero attached hydrogens (tertiary/aromatic N) is 1. The van der Waals surface area contributed by atoms with E-state index in [1.165, 1.54) is 6.08 Å². The summed E-state index contributed by atoms with van der Waals surface area (Å²) < 4.78 is 10.9. The highest BCUT2D eigenvalue weighted by Crippen LogP contribution is 2.43. The van der Waals surface area contributed by atoms with E-state index >= 15 is 0 Å². The van der Waals surface area contributed by atoms with Gasteiger partial charge in [-0.05, 0) is 28.1 Å². The Hall–Kier alpha value is -1.32. The lowest BCUT2D eigenvalue weighted by atomic mass is 10.3. The molecule has 0 aromatic heterocycles. The highest BCUT2D eigenvalue weighted by atomic mass is 79.9. The van der Waals surface area contributed by atoms with Gasteiger partial charge in [-0.3, -0.25) is 0 Å². The normalized spacial score (nSPS) is 12.4. The molecule has 5 heteroatoms. The van der Waals surface area contributed by atoms with Gasteiger partial charge in [0, 0.05) is 0 Å². The summed E-state index contributed by atoms with van der Waals surface area (Å²) in [6.07, 6.45) is 1.46. The van der Waals surface area contributed by atoms with E-state index in [2.05, 4.69) is 20.9 Å². The molecule has 4 nitrogen and oxygen atoms in total. The monoisotopic (exact) mass is 241 g/mol. The van der Waals surface area contributed by atoms with Crippen LogP contribution in [0.15, 0.2) is 21.6 Å². The van der Waals surface area contributed by atoms with E-state index in [4.69, 9.17) is 9.47 Å². The summed E-state index contributed by atoms with van der Waals surface area (Å²) in [5, 5.41) is 0. The quantitative estimate of drug-likeness (QED) is 0.559. The summed E-state index contributed by atoms with van der Waals surface area (Å²) in [6.45, 7) is 0.197. The molecule has 0 saturated carbocycles.